The van der Waals surface area contributed by atoms with Gasteiger partial charge in [0.05, 0.1) is 5.60 Å². The molecule has 2 rings (SSSR count). The Balaban J connectivity index is 2.01. The van der Waals surface area contributed by atoms with E-state index in [9.17, 15) is 5.11 Å². The van der Waals surface area contributed by atoms with Gasteiger partial charge >= 0.3 is 0 Å². The van der Waals surface area contributed by atoms with Crippen LogP contribution in [0.3, 0.4) is 0 Å². The van der Waals surface area contributed by atoms with E-state index in [1.165, 1.54) is 0 Å². The highest BCUT2D eigenvalue weighted by Crippen LogP contribution is 2.23. The molecule has 0 bridgehead atoms. The van der Waals surface area contributed by atoms with Gasteiger partial charge in [0.15, 0.2) is 0 Å². The lowest BCUT2D eigenvalue weighted by Crippen LogP contribution is -2.51. The lowest BCUT2D eigenvalue weighted by atomic mass is 10.1. The maximum atomic E-state index is 9.89. The molecule has 1 aliphatic rings. The molecular formula is C15H26N4O. The van der Waals surface area contributed by atoms with Gasteiger partial charge in [-0.1, -0.05) is 6.07 Å². The smallest absolute Gasteiger partial charge is 0.133 e. The molecule has 0 radical (unpaired) electrons. The highest BCUT2D eigenvalue weighted by molar-refractivity contribution is 5.48. The standard InChI is InChI=1S/C15H26N4O/c1-12(16)13-5-4-6-17-14(13)19-9-7-18(8-10-19)11-15(2,3)20/h4-6,12,20H,7-11,16H2,1-3H3/t12-/m0/s1. The number of aromatic nitrogens is 1. The minimum absolute atomic E-state index is 0.00638. The van der Waals surface area contributed by atoms with Crippen molar-refractivity contribution in [2.75, 3.05) is 37.6 Å². The maximum Gasteiger partial charge on any atom is 0.133 e. The van der Waals surface area contributed by atoms with Crippen molar-refractivity contribution in [2.45, 2.75) is 32.4 Å². The molecule has 0 amide bonds. The van der Waals surface area contributed by atoms with E-state index in [2.05, 4.69) is 20.9 Å². The summed E-state index contributed by atoms with van der Waals surface area (Å²) < 4.78 is 0. The summed E-state index contributed by atoms with van der Waals surface area (Å²) >= 11 is 0. The Bertz CT molecular complexity index is 434. The second-order valence-electron chi connectivity index (χ2n) is 6.28. The highest BCUT2D eigenvalue weighted by atomic mass is 16.3. The average Bonchev–Trinajstić information content (AvgIpc) is 2.38. The number of nitrogens with two attached hydrogens (primary N) is 1. The number of β-amino-alcohol motifs (C(OH)–C–C–N with tert-alkyl or cyclic N) is 1. The predicted octanol–water partition coefficient (Wildman–Crippen LogP) is 0.994. The Labute approximate surface area is 121 Å². The van der Waals surface area contributed by atoms with Crippen molar-refractivity contribution in [3.8, 4) is 0 Å². The van der Waals surface area contributed by atoms with Gasteiger partial charge in [-0.2, -0.15) is 0 Å². The molecule has 0 aromatic carbocycles. The fraction of sp³-hybridized carbons (Fsp3) is 0.667. The number of aliphatic hydroxyl groups is 1. The van der Waals surface area contributed by atoms with Crippen LogP contribution < -0.4 is 10.6 Å². The average molecular weight is 278 g/mol. The van der Waals surface area contributed by atoms with Crippen molar-refractivity contribution in [3.05, 3.63) is 23.9 Å². The molecule has 0 saturated carbocycles. The van der Waals surface area contributed by atoms with Crippen LogP contribution in [0.2, 0.25) is 0 Å². The van der Waals surface area contributed by atoms with Crippen molar-refractivity contribution in [3.63, 3.8) is 0 Å². The third kappa shape index (κ3) is 3.91. The van der Waals surface area contributed by atoms with Crippen molar-refractivity contribution in [1.82, 2.24) is 9.88 Å². The van der Waals surface area contributed by atoms with Crippen molar-refractivity contribution >= 4 is 5.82 Å². The number of piperazine rings is 1. The van der Waals surface area contributed by atoms with Crippen LogP contribution in [-0.2, 0) is 0 Å². The molecule has 1 aromatic rings. The summed E-state index contributed by atoms with van der Waals surface area (Å²) in [5, 5.41) is 9.89. The zero-order valence-electron chi connectivity index (χ0n) is 12.7. The molecule has 2 heterocycles. The van der Waals surface area contributed by atoms with Gasteiger partial charge < -0.3 is 15.7 Å². The van der Waals surface area contributed by atoms with Crippen LogP contribution in [0, 0.1) is 0 Å². The minimum atomic E-state index is -0.635. The van der Waals surface area contributed by atoms with Crippen LogP contribution in [-0.4, -0.2) is 53.3 Å². The fourth-order valence-electron chi connectivity index (χ4n) is 2.69. The van der Waals surface area contributed by atoms with Gasteiger partial charge in [0.1, 0.15) is 5.82 Å². The molecule has 5 heteroatoms. The van der Waals surface area contributed by atoms with Gasteiger partial charge in [-0.15, -0.1) is 0 Å². The van der Waals surface area contributed by atoms with E-state index in [0.717, 1.165) is 37.6 Å². The zero-order chi connectivity index (χ0) is 14.8. The first-order chi connectivity index (χ1) is 9.37. The highest BCUT2D eigenvalue weighted by Gasteiger charge is 2.24. The second-order valence-corrected chi connectivity index (χ2v) is 6.28. The molecular weight excluding hydrogens is 252 g/mol. The normalized spacial score (nSPS) is 19.1. The number of pyridine rings is 1. The van der Waals surface area contributed by atoms with E-state index in [1.54, 1.807) is 0 Å². The van der Waals surface area contributed by atoms with Gasteiger partial charge in [0.2, 0.25) is 0 Å². The van der Waals surface area contributed by atoms with Gasteiger partial charge in [0.25, 0.3) is 0 Å². The third-order valence-electron chi connectivity index (χ3n) is 3.59. The van der Waals surface area contributed by atoms with Gasteiger partial charge in [-0.05, 0) is 26.8 Å². The van der Waals surface area contributed by atoms with Crippen LogP contribution in [0.25, 0.3) is 0 Å². The van der Waals surface area contributed by atoms with Crippen LogP contribution in [0.4, 0.5) is 5.82 Å². The summed E-state index contributed by atoms with van der Waals surface area (Å²) in [5.74, 6) is 1.01. The molecule has 1 aromatic heterocycles. The fourth-order valence-corrected chi connectivity index (χ4v) is 2.69. The predicted molar refractivity (Wildman–Crippen MR) is 81.8 cm³/mol. The van der Waals surface area contributed by atoms with E-state index in [1.807, 2.05) is 33.0 Å². The Morgan fingerprint density at radius 3 is 2.55 bits per heavy atom. The van der Waals surface area contributed by atoms with E-state index in [4.69, 9.17) is 5.73 Å². The van der Waals surface area contributed by atoms with Crippen LogP contribution >= 0.6 is 0 Å². The summed E-state index contributed by atoms with van der Waals surface area (Å²) in [7, 11) is 0. The summed E-state index contributed by atoms with van der Waals surface area (Å²) in [6.45, 7) is 10.1. The van der Waals surface area contributed by atoms with E-state index < -0.39 is 5.60 Å². The van der Waals surface area contributed by atoms with Gasteiger partial charge in [-0.3, -0.25) is 4.90 Å². The SMILES string of the molecule is C[C@H](N)c1cccnc1N1CCN(CC(C)(C)O)CC1. The number of rotatable bonds is 4. The summed E-state index contributed by atoms with van der Waals surface area (Å²) in [5.41, 5.74) is 6.49. The maximum absolute atomic E-state index is 9.89. The summed E-state index contributed by atoms with van der Waals surface area (Å²) in [4.78, 5) is 9.09. The zero-order valence-corrected chi connectivity index (χ0v) is 12.7. The largest absolute Gasteiger partial charge is 0.389 e. The first-order valence-corrected chi connectivity index (χ1v) is 7.27. The monoisotopic (exact) mass is 278 g/mol. The van der Waals surface area contributed by atoms with Crippen molar-refractivity contribution in [1.29, 1.82) is 0 Å². The Morgan fingerprint density at radius 1 is 1.35 bits per heavy atom. The van der Waals surface area contributed by atoms with Crippen molar-refractivity contribution in [2.24, 2.45) is 5.73 Å². The van der Waals surface area contributed by atoms with Gasteiger partial charge in [-0.25, -0.2) is 4.98 Å². The number of hydrogen-bond donors (Lipinski definition) is 2. The van der Waals surface area contributed by atoms with Crippen molar-refractivity contribution < 1.29 is 5.11 Å². The number of nitrogens with zero attached hydrogens (tertiary/aromatic N) is 3. The molecule has 0 unspecified atom stereocenters. The molecule has 0 aliphatic carbocycles. The summed E-state index contributed by atoms with van der Waals surface area (Å²) in [6.07, 6.45) is 1.82. The Hall–Kier alpha value is -1.17. The lowest BCUT2D eigenvalue weighted by molar-refractivity contribution is 0.0344. The van der Waals surface area contributed by atoms with Crippen LogP contribution in [0.5, 0.6) is 0 Å². The molecule has 3 N–H and O–H groups in total. The summed E-state index contributed by atoms with van der Waals surface area (Å²) in [6, 6.07) is 3.98. The number of anilines is 1. The lowest BCUT2D eigenvalue weighted by Gasteiger charge is -2.38. The molecule has 0 spiro atoms. The molecule has 1 fully saturated rings. The molecule has 1 saturated heterocycles. The van der Waals surface area contributed by atoms with Crippen LogP contribution in [0.15, 0.2) is 18.3 Å². The molecule has 1 atom stereocenters. The van der Waals surface area contributed by atoms with E-state index in [-0.39, 0.29) is 6.04 Å². The van der Waals surface area contributed by atoms with E-state index >= 15 is 0 Å². The molecule has 1 aliphatic heterocycles. The van der Waals surface area contributed by atoms with Crippen LogP contribution in [0.1, 0.15) is 32.4 Å². The molecule has 5 nitrogen and oxygen atoms in total. The third-order valence-corrected chi connectivity index (χ3v) is 3.59. The number of hydrogen-bond acceptors (Lipinski definition) is 5. The Kier molecular flexibility index (Phi) is 4.62. The molecule has 20 heavy (non-hydrogen) atoms. The quantitative estimate of drug-likeness (QED) is 0.860. The molecule has 112 valence electrons. The minimum Gasteiger partial charge on any atom is -0.389 e. The Morgan fingerprint density at radius 2 is 2.00 bits per heavy atom. The first kappa shape index (κ1) is 15.2. The topological polar surface area (TPSA) is 65.6 Å². The second kappa shape index (κ2) is 6.08. The van der Waals surface area contributed by atoms with E-state index in [0.29, 0.717) is 6.54 Å². The van der Waals surface area contributed by atoms with Gasteiger partial charge in [0, 0.05) is 50.5 Å². The first-order valence-electron chi connectivity index (χ1n) is 7.27.